The van der Waals surface area contributed by atoms with E-state index in [2.05, 4.69) is 0 Å². The molecule has 0 saturated heterocycles. The molecule has 0 heterocycles. The first-order chi connectivity index (χ1) is 9.86. The topological polar surface area (TPSA) is 57.6 Å². The lowest BCUT2D eigenvalue weighted by molar-refractivity contribution is 0.475. The van der Waals surface area contributed by atoms with E-state index >= 15 is 0 Å². The first kappa shape index (κ1) is 15.4. The third kappa shape index (κ3) is 3.03. The van der Waals surface area contributed by atoms with Crippen molar-refractivity contribution < 1.29 is 13.5 Å². The zero-order chi connectivity index (χ0) is 15.6. The Kier molecular flexibility index (Phi) is 4.23. The Morgan fingerprint density at radius 1 is 1.05 bits per heavy atom. The van der Waals surface area contributed by atoms with Crippen LogP contribution in [-0.2, 0) is 10.0 Å². The molecule has 0 aliphatic carbocycles. The van der Waals surface area contributed by atoms with Gasteiger partial charge in [-0.1, -0.05) is 12.1 Å². The second kappa shape index (κ2) is 5.77. The van der Waals surface area contributed by atoms with Crippen LogP contribution in [0, 0.1) is 13.8 Å². The highest BCUT2D eigenvalue weighted by molar-refractivity contribution is 7.92. The van der Waals surface area contributed by atoms with Gasteiger partial charge in [-0.3, -0.25) is 4.31 Å². The molecule has 0 aliphatic heterocycles. The zero-order valence-electron chi connectivity index (χ0n) is 12.4. The molecule has 0 unspecified atom stereocenters. The fourth-order valence-corrected chi connectivity index (χ4v) is 3.69. The van der Waals surface area contributed by atoms with Crippen molar-refractivity contribution in [3.8, 4) is 5.75 Å². The molecule has 0 amide bonds. The summed E-state index contributed by atoms with van der Waals surface area (Å²) in [6, 6.07) is 11.4. The van der Waals surface area contributed by atoms with Gasteiger partial charge in [0.05, 0.1) is 10.6 Å². The number of phenols is 1. The summed E-state index contributed by atoms with van der Waals surface area (Å²) in [6.07, 6.45) is 0. The first-order valence-electron chi connectivity index (χ1n) is 6.75. The fraction of sp³-hybridized carbons (Fsp3) is 0.250. The largest absolute Gasteiger partial charge is 0.508 e. The van der Waals surface area contributed by atoms with Gasteiger partial charge >= 0.3 is 0 Å². The normalized spacial score (nSPS) is 11.4. The number of aryl methyl sites for hydroxylation is 2. The zero-order valence-corrected chi connectivity index (χ0v) is 13.2. The van der Waals surface area contributed by atoms with Crippen LogP contribution in [0.4, 0.5) is 5.69 Å². The molecule has 2 rings (SSSR count). The summed E-state index contributed by atoms with van der Waals surface area (Å²) in [7, 11) is -3.64. The minimum Gasteiger partial charge on any atom is -0.508 e. The molecule has 0 fully saturated rings. The van der Waals surface area contributed by atoms with Crippen molar-refractivity contribution in [1.29, 1.82) is 0 Å². The SMILES string of the molecule is CCN(c1cccc(O)c1)S(=O)(=O)c1ccc(C)c(C)c1. The average Bonchev–Trinajstić information content (AvgIpc) is 2.42. The lowest BCUT2D eigenvalue weighted by Gasteiger charge is -2.23. The van der Waals surface area contributed by atoms with Gasteiger partial charge in [0.1, 0.15) is 5.75 Å². The van der Waals surface area contributed by atoms with Gasteiger partial charge in [0, 0.05) is 12.6 Å². The predicted molar refractivity (Wildman–Crippen MR) is 84.2 cm³/mol. The molecule has 0 radical (unpaired) electrons. The Labute approximate surface area is 125 Å². The van der Waals surface area contributed by atoms with E-state index in [1.165, 1.54) is 16.4 Å². The van der Waals surface area contributed by atoms with Crippen LogP contribution >= 0.6 is 0 Å². The van der Waals surface area contributed by atoms with Crippen LogP contribution in [0.3, 0.4) is 0 Å². The quantitative estimate of drug-likeness (QED) is 0.943. The maximum atomic E-state index is 12.8. The molecule has 21 heavy (non-hydrogen) atoms. The third-order valence-corrected chi connectivity index (χ3v) is 5.37. The molecule has 0 atom stereocenters. The molecule has 1 N–H and O–H groups in total. The van der Waals surface area contributed by atoms with E-state index in [4.69, 9.17) is 0 Å². The van der Waals surface area contributed by atoms with E-state index in [0.29, 0.717) is 12.2 Å². The Bertz CT molecular complexity index is 754. The van der Waals surface area contributed by atoms with E-state index in [1.54, 1.807) is 37.3 Å². The molecule has 0 aromatic heterocycles. The van der Waals surface area contributed by atoms with E-state index < -0.39 is 10.0 Å². The number of hydrogen-bond acceptors (Lipinski definition) is 3. The van der Waals surface area contributed by atoms with E-state index in [1.807, 2.05) is 13.8 Å². The molecule has 2 aromatic rings. The monoisotopic (exact) mass is 305 g/mol. The highest BCUT2D eigenvalue weighted by Gasteiger charge is 2.24. The lowest BCUT2D eigenvalue weighted by Crippen LogP contribution is -2.30. The van der Waals surface area contributed by atoms with Crippen molar-refractivity contribution in [2.75, 3.05) is 10.8 Å². The molecular weight excluding hydrogens is 286 g/mol. The van der Waals surface area contributed by atoms with Gasteiger partial charge < -0.3 is 5.11 Å². The van der Waals surface area contributed by atoms with Crippen LogP contribution < -0.4 is 4.31 Å². The van der Waals surface area contributed by atoms with Crippen LogP contribution in [-0.4, -0.2) is 20.1 Å². The van der Waals surface area contributed by atoms with Crippen molar-refractivity contribution >= 4 is 15.7 Å². The number of hydrogen-bond donors (Lipinski definition) is 1. The fourth-order valence-electron chi connectivity index (χ4n) is 2.14. The molecular formula is C16H19NO3S. The van der Waals surface area contributed by atoms with Crippen molar-refractivity contribution in [3.05, 3.63) is 53.6 Å². The van der Waals surface area contributed by atoms with Crippen molar-refractivity contribution in [2.24, 2.45) is 0 Å². The summed E-state index contributed by atoms with van der Waals surface area (Å²) in [5, 5.41) is 9.55. The molecule has 5 heteroatoms. The van der Waals surface area contributed by atoms with E-state index in [-0.39, 0.29) is 10.6 Å². The predicted octanol–water partition coefficient (Wildman–Crippen LogP) is 3.22. The summed E-state index contributed by atoms with van der Waals surface area (Å²) in [6.45, 7) is 5.89. The van der Waals surface area contributed by atoms with E-state index in [9.17, 15) is 13.5 Å². The van der Waals surface area contributed by atoms with E-state index in [0.717, 1.165) is 11.1 Å². The first-order valence-corrected chi connectivity index (χ1v) is 8.19. The Hall–Kier alpha value is -2.01. The Balaban J connectivity index is 2.51. The van der Waals surface area contributed by atoms with Gasteiger partial charge in [0.2, 0.25) is 0 Å². The number of benzene rings is 2. The highest BCUT2D eigenvalue weighted by atomic mass is 32.2. The number of phenolic OH excluding ortho intramolecular Hbond substituents is 1. The molecule has 0 bridgehead atoms. The highest BCUT2D eigenvalue weighted by Crippen LogP contribution is 2.27. The van der Waals surface area contributed by atoms with Crippen LogP contribution in [0.1, 0.15) is 18.1 Å². The van der Waals surface area contributed by atoms with Crippen molar-refractivity contribution in [1.82, 2.24) is 0 Å². The molecule has 112 valence electrons. The molecule has 0 saturated carbocycles. The number of rotatable bonds is 4. The molecule has 2 aromatic carbocycles. The second-order valence-electron chi connectivity index (χ2n) is 4.94. The van der Waals surface area contributed by atoms with Crippen LogP contribution in [0.5, 0.6) is 5.75 Å². The minimum atomic E-state index is -3.64. The van der Waals surface area contributed by atoms with Gasteiger partial charge in [0.25, 0.3) is 10.0 Å². The van der Waals surface area contributed by atoms with Crippen molar-refractivity contribution in [2.45, 2.75) is 25.7 Å². The lowest BCUT2D eigenvalue weighted by atomic mass is 10.1. The summed E-state index contributed by atoms with van der Waals surface area (Å²) in [4.78, 5) is 0.260. The summed E-state index contributed by atoms with van der Waals surface area (Å²) in [5.74, 6) is 0.0428. The Morgan fingerprint density at radius 2 is 1.76 bits per heavy atom. The number of aromatic hydroxyl groups is 1. The summed E-state index contributed by atoms with van der Waals surface area (Å²) >= 11 is 0. The molecule has 0 spiro atoms. The molecule has 4 nitrogen and oxygen atoms in total. The Morgan fingerprint density at radius 3 is 2.33 bits per heavy atom. The second-order valence-corrected chi connectivity index (χ2v) is 6.80. The molecule has 0 aliphatic rings. The van der Waals surface area contributed by atoms with Gasteiger partial charge in [0.15, 0.2) is 0 Å². The maximum Gasteiger partial charge on any atom is 0.264 e. The number of sulfonamides is 1. The summed E-state index contributed by atoms with van der Waals surface area (Å²) < 4.78 is 26.9. The van der Waals surface area contributed by atoms with Gasteiger partial charge in [-0.25, -0.2) is 8.42 Å². The smallest absolute Gasteiger partial charge is 0.264 e. The van der Waals surface area contributed by atoms with Gasteiger partial charge in [-0.2, -0.15) is 0 Å². The van der Waals surface area contributed by atoms with Crippen LogP contribution in [0.2, 0.25) is 0 Å². The minimum absolute atomic E-state index is 0.0428. The summed E-state index contributed by atoms with van der Waals surface area (Å²) in [5.41, 5.74) is 2.44. The van der Waals surface area contributed by atoms with Crippen molar-refractivity contribution in [3.63, 3.8) is 0 Å². The van der Waals surface area contributed by atoms with Gasteiger partial charge in [-0.15, -0.1) is 0 Å². The van der Waals surface area contributed by atoms with Crippen LogP contribution in [0.15, 0.2) is 47.4 Å². The van der Waals surface area contributed by atoms with Gasteiger partial charge in [-0.05, 0) is 56.2 Å². The average molecular weight is 305 g/mol. The number of anilines is 1. The third-order valence-electron chi connectivity index (χ3n) is 3.47. The number of nitrogens with zero attached hydrogens (tertiary/aromatic N) is 1. The standard InChI is InChI=1S/C16H19NO3S/c1-4-17(14-6-5-7-15(18)11-14)21(19,20)16-9-8-12(2)13(3)10-16/h5-11,18H,4H2,1-3H3. The maximum absolute atomic E-state index is 12.8. The van der Waals surface area contributed by atoms with Crippen LogP contribution in [0.25, 0.3) is 0 Å².